The van der Waals surface area contributed by atoms with Crippen molar-refractivity contribution in [2.75, 3.05) is 4.90 Å². The first kappa shape index (κ1) is 38.7. The highest BCUT2D eigenvalue weighted by molar-refractivity contribution is 6.24. The van der Waals surface area contributed by atoms with E-state index in [1.54, 1.807) is 0 Å². The second-order valence-electron chi connectivity index (χ2n) is 17.6. The van der Waals surface area contributed by atoms with Gasteiger partial charge >= 0.3 is 0 Å². The molecule has 0 N–H and O–H groups in total. The Labute approximate surface area is 390 Å². The van der Waals surface area contributed by atoms with Crippen molar-refractivity contribution >= 4 is 81.7 Å². The van der Waals surface area contributed by atoms with E-state index in [2.05, 4.69) is 266 Å². The molecule has 0 radical (unpaired) electrons. The lowest BCUT2D eigenvalue weighted by atomic mass is 9.83. The number of hydrogen-bond acceptors (Lipinski definition) is 1. The lowest BCUT2D eigenvalue weighted by Crippen LogP contribution is -2.09. The monoisotopic (exact) mass is 849 g/mol. The van der Waals surface area contributed by atoms with Gasteiger partial charge in [0.25, 0.3) is 0 Å². The second kappa shape index (κ2) is 16.0. The van der Waals surface area contributed by atoms with Crippen LogP contribution in [0, 0.1) is 0 Å². The van der Waals surface area contributed by atoms with Gasteiger partial charge < -0.3 is 4.90 Å². The maximum absolute atomic E-state index is 2.45. The molecule has 67 heavy (non-hydrogen) atoms. The van der Waals surface area contributed by atoms with E-state index < -0.39 is 0 Å². The Morgan fingerprint density at radius 3 is 1.19 bits per heavy atom. The Kier molecular flexibility index (Phi) is 9.25. The Morgan fingerprint density at radius 1 is 0.209 bits per heavy atom. The molecule has 0 aliphatic rings. The van der Waals surface area contributed by atoms with Crippen molar-refractivity contribution in [3.63, 3.8) is 0 Å². The Morgan fingerprint density at radius 2 is 0.627 bits per heavy atom. The minimum Gasteiger partial charge on any atom is -0.310 e. The fourth-order valence-corrected chi connectivity index (χ4v) is 10.7. The van der Waals surface area contributed by atoms with Gasteiger partial charge in [-0.1, -0.05) is 212 Å². The topological polar surface area (TPSA) is 3.24 Å². The zero-order chi connectivity index (χ0) is 44.3. The molecule has 1 nitrogen and oxygen atoms in total. The molecule has 312 valence electrons. The van der Waals surface area contributed by atoms with Crippen molar-refractivity contribution in [1.82, 2.24) is 0 Å². The summed E-state index contributed by atoms with van der Waals surface area (Å²) in [7, 11) is 0. The average molecular weight is 850 g/mol. The van der Waals surface area contributed by atoms with Crippen molar-refractivity contribution in [2.45, 2.75) is 0 Å². The molecule has 0 saturated carbocycles. The molecule has 0 spiro atoms. The van der Waals surface area contributed by atoms with Gasteiger partial charge in [-0.3, -0.25) is 0 Å². The maximum Gasteiger partial charge on any atom is 0.0468 e. The first-order valence-corrected chi connectivity index (χ1v) is 23.2. The molecule has 0 bridgehead atoms. The molecule has 0 atom stereocenters. The number of benzene rings is 13. The van der Waals surface area contributed by atoms with Crippen LogP contribution in [0.5, 0.6) is 0 Å². The number of nitrogens with zero attached hydrogens (tertiary/aromatic N) is 1. The van der Waals surface area contributed by atoms with Crippen molar-refractivity contribution in [2.24, 2.45) is 0 Å². The van der Waals surface area contributed by atoms with Crippen LogP contribution in [-0.2, 0) is 0 Å². The highest BCUT2D eigenvalue weighted by atomic mass is 15.1. The van der Waals surface area contributed by atoms with Gasteiger partial charge in [0.2, 0.25) is 0 Å². The standard InChI is InChI=1S/C66H43N/c1-3-18-46(19-4-1)57-29-15-24-48-30-31-52-40-53(43-62(66(52)65(48)57)47-20-5-2-6-21-47)64-60-27-13-11-25-58(60)63(59-26-12-14-28-61(59)64)49-34-36-54(37-35-49)67(55-38-32-44-16-7-9-22-50(44)41-55)56-39-33-45-17-8-10-23-51(45)42-56/h1-43H. The van der Waals surface area contributed by atoms with E-state index in [-0.39, 0.29) is 0 Å². The van der Waals surface area contributed by atoms with Gasteiger partial charge in [0, 0.05) is 17.1 Å². The summed E-state index contributed by atoms with van der Waals surface area (Å²) in [5.41, 5.74) is 13.1. The number of fused-ring (bicyclic) bond motifs is 7. The first-order valence-electron chi connectivity index (χ1n) is 23.2. The maximum atomic E-state index is 2.45. The van der Waals surface area contributed by atoms with Crippen LogP contribution in [0.15, 0.2) is 261 Å². The lowest BCUT2D eigenvalue weighted by molar-refractivity contribution is 1.29. The van der Waals surface area contributed by atoms with E-state index in [0.29, 0.717) is 0 Å². The number of hydrogen-bond donors (Lipinski definition) is 0. The zero-order valence-electron chi connectivity index (χ0n) is 36.8. The summed E-state index contributed by atoms with van der Waals surface area (Å²) in [5, 5.41) is 14.8. The van der Waals surface area contributed by atoms with Gasteiger partial charge in [0.05, 0.1) is 0 Å². The third-order valence-electron chi connectivity index (χ3n) is 13.7. The molecule has 0 heterocycles. The summed E-state index contributed by atoms with van der Waals surface area (Å²) in [4.78, 5) is 2.39. The third-order valence-corrected chi connectivity index (χ3v) is 13.7. The Balaban J connectivity index is 1.01. The fourth-order valence-electron chi connectivity index (χ4n) is 10.7. The molecule has 0 amide bonds. The normalized spacial score (nSPS) is 11.6. The largest absolute Gasteiger partial charge is 0.310 e. The molecule has 0 aromatic heterocycles. The molecule has 1 heteroatoms. The predicted octanol–water partition coefficient (Wildman–Crippen LogP) is 18.7. The quantitative estimate of drug-likeness (QED) is 0.114. The van der Waals surface area contributed by atoms with Gasteiger partial charge in [-0.05, 0) is 158 Å². The SMILES string of the molecule is c1ccc(-c2cccc3ccc4cc(-c5c6ccccc6c(-c6ccc(N(c7ccc8ccccc8c7)c7ccc8ccccc8c7)cc6)c6ccccc56)cc(-c5ccccc5)c4c23)cc1. The molecule has 13 aromatic rings. The van der Waals surface area contributed by atoms with Crippen LogP contribution < -0.4 is 4.90 Å². The number of anilines is 3. The van der Waals surface area contributed by atoms with Gasteiger partial charge in [-0.2, -0.15) is 0 Å². The minimum atomic E-state index is 1.10. The van der Waals surface area contributed by atoms with Gasteiger partial charge in [0.15, 0.2) is 0 Å². The molecule has 0 unspecified atom stereocenters. The van der Waals surface area contributed by atoms with Gasteiger partial charge in [-0.15, -0.1) is 0 Å². The summed E-state index contributed by atoms with van der Waals surface area (Å²) in [5.74, 6) is 0. The van der Waals surface area contributed by atoms with Crippen molar-refractivity contribution < 1.29 is 0 Å². The highest BCUT2D eigenvalue weighted by Gasteiger charge is 2.21. The molecule has 0 saturated heterocycles. The second-order valence-corrected chi connectivity index (χ2v) is 17.6. The molecule has 0 fully saturated rings. The molecule has 13 rings (SSSR count). The first-order chi connectivity index (χ1) is 33.2. The van der Waals surface area contributed by atoms with E-state index >= 15 is 0 Å². The zero-order valence-corrected chi connectivity index (χ0v) is 36.8. The van der Waals surface area contributed by atoms with Gasteiger partial charge in [-0.25, -0.2) is 0 Å². The van der Waals surface area contributed by atoms with E-state index in [1.807, 2.05) is 0 Å². The molecular formula is C66H43N. The summed E-state index contributed by atoms with van der Waals surface area (Å²) < 4.78 is 0. The Hall–Kier alpha value is -8.78. The van der Waals surface area contributed by atoms with Crippen LogP contribution in [0.25, 0.3) is 109 Å². The molecular weight excluding hydrogens is 807 g/mol. The summed E-state index contributed by atoms with van der Waals surface area (Å²) in [6.07, 6.45) is 0. The lowest BCUT2D eigenvalue weighted by Gasteiger charge is -2.26. The van der Waals surface area contributed by atoms with Gasteiger partial charge in [0.1, 0.15) is 0 Å². The molecule has 13 aromatic carbocycles. The van der Waals surface area contributed by atoms with E-state index in [0.717, 1.165) is 17.1 Å². The van der Waals surface area contributed by atoms with Crippen LogP contribution >= 0.6 is 0 Å². The van der Waals surface area contributed by atoms with Crippen molar-refractivity contribution in [1.29, 1.82) is 0 Å². The number of rotatable bonds is 7. The summed E-state index contributed by atoms with van der Waals surface area (Å²) >= 11 is 0. The van der Waals surface area contributed by atoms with E-state index in [9.17, 15) is 0 Å². The van der Waals surface area contributed by atoms with Crippen LogP contribution in [0.4, 0.5) is 17.1 Å². The van der Waals surface area contributed by atoms with Crippen LogP contribution in [0.2, 0.25) is 0 Å². The minimum absolute atomic E-state index is 1.10. The predicted molar refractivity (Wildman–Crippen MR) is 288 cm³/mol. The molecule has 0 aliphatic heterocycles. The van der Waals surface area contributed by atoms with Crippen LogP contribution in [-0.4, -0.2) is 0 Å². The van der Waals surface area contributed by atoms with Crippen molar-refractivity contribution in [3.8, 4) is 44.5 Å². The van der Waals surface area contributed by atoms with E-state index in [1.165, 1.54) is 109 Å². The fraction of sp³-hybridized carbons (Fsp3) is 0. The average Bonchev–Trinajstić information content (AvgIpc) is 3.40. The van der Waals surface area contributed by atoms with Crippen molar-refractivity contribution in [3.05, 3.63) is 261 Å². The van der Waals surface area contributed by atoms with Crippen LogP contribution in [0.3, 0.4) is 0 Å². The van der Waals surface area contributed by atoms with E-state index in [4.69, 9.17) is 0 Å². The summed E-state index contributed by atoms with van der Waals surface area (Å²) in [6, 6.07) is 96.0. The molecule has 0 aliphatic carbocycles. The van der Waals surface area contributed by atoms with Crippen LogP contribution in [0.1, 0.15) is 0 Å². The summed E-state index contributed by atoms with van der Waals surface area (Å²) in [6.45, 7) is 0. The smallest absolute Gasteiger partial charge is 0.0468 e. The third kappa shape index (κ3) is 6.63. The Bertz CT molecular complexity index is 3880. The highest BCUT2D eigenvalue weighted by Crippen LogP contribution is 2.48.